The fraction of sp³-hybridized carbons (Fsp3) is 0. The van der Waals surface area contributed by atoms with Crippen molar-refractivity contribution >= 4 is 87.4 Å². The van der Waals surface area contributed by atoms with Crippen molar-refractivity contribution < 1.29 is 137 Å². The molecule has 5 rings (SSSR count). The first-order valence-corrected chi connectivity index (χ1v) is 18.1. The van der Waals surface area contributed by atoms with Gasteiger partial charge in [0, 0.05) is 35.0 Å². The predicted octanol–water partition coefficient (Wildman–Crippen LogP) is -3.92. The topological polar surface area (TPSA) is 298 Å². The Kier molecular flexibility index (Phi) is 16.4. The second-order valence-corrected chi connectivity index (χ2v) is 14.4. The molecule has 0 aromatic heterocycles. The molecule has 0 aliphatic carbocycles. The number of non-ortho nitro benzene ring substituents is 1. The van der Waals surface area contributed by atoms with Gasteiger partial charge in [0.2, 0.25) is 0 Å². The van der Waals surface area contributed by atoms with Gasteiger partial charge in [-0.25, -0.2) is 25.3 Å². The molecule has 262 valence electrons. The minimum Gasteiger partial charge on any atom is -0.744 e. The number of fused-ring (bicyclic) bond motifs is 1. The number of nitro benzene ring substituents is 1. The molecule has 0 bridgehead atoms. The van der Waals surface area contributed by atoms with E-state index in [-0.39, 0.29) is 138 Å². The van der Waals surface area contributed by atoms with E-state index in [0.29, 0.717) is 11.5 Å². The maximum atomic E-state index is 12.9. The molecule has 5 aromatic rings. The van der Waals surface area contributed by atoms with E-state index in [0.717, 1.165) is 42.5 Å². The van der Waals surface area contributed by atoms with Crippen molar-refractivity contribution in [2.24, 2.45) is 10.2 Å². The van der Waals surface area contributed by atoms with E-state index in [1.54, 1.807) is 6.07 Å². The first-order valence-electron chi connectivity index (χ1n) is 13.9. The van der Waals surface area contributed by atoms with Crippen LogP contribution in [0, 0.1) is 15.0 Å². The molecule has 0 aliphatic rings. The van der Waals surface area contributed by atoms with Crippen molar-refractivity contribution in [3.63, 3.8) is 0 Å². The average molecular weight is 822 g/mol. The van der Waals surface area contributed by atoms with Gasteiger partial charge in [-0.1, -0.05) is 36.4 Å². The third-order valence-electron chi connectivity index (χ3n) is 7.07. The van der Waals surface area contributed by atoms with Gasteiger partial charge in [-0.15, -0.1) is 15.7 Å². The fourth-order valence-electron chi connectivity index (χ4n) is 4.75. The van der Waals surface area contributed by atoms with Crippen molar-refractivity contribution in [1.29, 1.82) is 0 Å². The molecular weight excluding hydrogens is 802 g/mol. The Bertz CT molecular complexity index is 2680. The van der Waals surface area contributed by atoms with Crippen LogP contribution in [0.3, 0.4) is 0 Å². The molecule has 0 fully saturated rings. The van der Waals surface area contributed by atoms with Gasteiger partial charge in [0.1, 0.15) is 41.7 Å². The van der Waals surface area contributed by atoms with E-state index in [1.807, 2.05) is 0 Å². The number of hydrazine groups is 1. The minimum absolute atomic E-state index is 0. The van der Waals surface area contributed by atoms with Crippen LogP contribution in [0.1, 0.15) is 11.1 Å². The number of benzene rings is 5. The Balaban J connectivity index is 0.00000336. The Morgan fingerprint density at radius 2 is 1.09 bits per heavy atom. The van der Waals surface area contributed by atoms with Crippen LogP contribution in [0.4, 0.5) is 34.1 Å². The van der Waals surface area contributed by atoms with E-state index in [2.05, 4.69) is 15.7 Å². The maximum Gasteiger partial charge on any atom is 1.00 e. The van der Waals surface area contributed by atoms with Crippen molar-refractivity contribution in [2.75, 3.05) is 11.2 Å². The Labute approximate surface area is 373 Å². The van der Waals surface area contributed by atoms with E-state index in [1.165, 1.54) is 48.5 Å². The summed E-state index contributed by atoms with van der Waals surface area (Å²) >= 11 is 0. The fourth-order valence-corrected chi connectivity index (χ4v) is 6.82. The molecule has 18 nitrogen and oxygen atoms in total. The summed E-state index contributed by atoms with van der Waals surface area (Å²) in [5, 5.41) is 19.7. The van der Waals surface area contributed by atoms with Crippen LogP contribution in [0.5, 0.6) is 0 Å². The third kappa shape index (κ3) is 11.3. The summed E-state index contributed by atoms with van der Waals surface area (Å²) in [7, 11) is -15.2. The van der Waals surface area contributed by atoms with Crippen molar-refractivity contribution in [1.82, 2.24) is 0 Å². The van der Waals surface area contributed by atoms with Gasteiger partial charge in [-0.3, -0.25) is 10.1 Å². The van der Waals surface area contributed by atoms with E-state index < -0.39 is 55.7 Å². The molecule has 0 saturated carbocycles. The summed E-state index contributed by atoms with van der Waals surface area (Å²) in [6.07, 6.45) is 1.94. The summed E-state index contributed by atoms with van der Waals surface area (Å²) in [4.78, 5) is 20.9. The zero-order chi connectivity index (χ0) is 37.3. The SMILES string of the molecule is Nc1cc(N[N+](=O)c2ccc(/C=C/c3ccc([N+](=O)[O-])cc3S(=O)(=O)[O-])c(S(=O)(=O)[O-])c2)ccc1N=Nc1cccc2c(S(=O)(=O)[O-])cccc12.[Na+].[Na+].[Na+]. The quantitative estimate of drug-likeness (QED) is 0.0188. The number of nitrogens with two attached hydrogens (primary N) is 1. The number of rotatable bonds is 11. The molecule has 54 heavy (non-hydrogen) atoms. The Hall–Kier alpha value is -2.97. The number of hydrogen-bond donors (Lipinski definition) is 2. The van der Waals surface area contributed by atoms with Crippen LogP contribution in [0.2, 0.25) is 0 Å². The molecule has 0 spiro atoms. The van der Waals surface area contributed by atoms with Crippen LogP contribution < -0.4 is 99.8 Å². The average Bonchev–Trinajstić information content (AvgIpc) is 3.05. The molecule has 0 heterocycles. The van der Waals surface area contributed by atoms with Gasteiger partial charge in [0.25, 0.3) is 11.4 Å². The number of nitrogen functional groups attached to an aromatic ring is 1. The number of nitroso groups, excluding NO2 is 1. The number of nitrogens with one attached hydrogen (secondary N) is 1. The van der Waals surface area contributed by atoms with Crippen LogP contribution in [-0.4, -0.2) is 48.7 Å². The van der Waals surface area contributed by atoms with Gasteiger partial charge in [-0.2, -0.15) is 0 Å². The second kappa shape index (κ2) is 18.8. The van der Waals surface area contributed by atoms with E-state index in [4.69, 9.17) is 5.73 Å². The first-order chi connectivity index (χ1) is 23.8. The number of anilines is 2. The normalized spacial score (nSPS) is 11.8. The van der Waals surface area contributed by atoms with Gasteiger partial charge in [0.15, 0.2) is 4.87 Å². The van der Waals surface area contributed by atoms with Crippen molar-refractivity contribution in [3.8, 4) is 0 Å². The number of nitrogens with zero attached hydrogens (tertiary/aromatic N) is 4. The van der Waals surface area contributed by atoms with Crippen LogP contribution in [0.15, 0.2) is 116 Å². The summed E-state index contributed by atoms with van der Waals surface area (Å²) in [5.41, 5.74) is 7.30. The zero-order valence-electron chi connectivity index (χ0n) is 28.3. The molecule has 3 N–H and O–H groups in total. The van der Waals surface area contributed by atoms with Gasteiger partial charge in [0.05, 0.1) is 35.9 Å². The van der Waals surface area contributed by atoms with Gasteiger partial charge in [-0.05, 0) is 53.6 Å². The summed E-state index contributed by atoms with van der Waals surface area (Å²) in [6.45, 7) is 0. The summed E-state index contributed by atoms with van der Waals surface area (Å²) < 4.78 is 106. The third-order valence-corrected chi connectivity index (χ3v) is 9.75. The maximum absolute atomic E-state index is 12.9. The Morgan fingerprint density at radius 3 is 1.63 bits per heavy atom. The monoisotopic (exact) mass is 821 g/mol. The molecule has 0 radical (unpaired) electrons. The van der Waals surface area contributed by atoms with Gasteiger partial charge < -0.3 is 19.4 Å². The molecule has 0 atom stereocenters. The van der Waals surface area contributed by atoms with Crippen LogP contribution in [0.25, 0.3) is 22.9 Å². The van der Waals surface area contributed by atoms with E-state index in [9.17, 15) is 53.9 Å². The molecule has 0 aliphatic heterocycles. The van der Waals surface area contributed by atoms with Crippen molar-refractivity contribution in [3.05, 3.63) is 117 Å². The standard InChI is InChI=1S/C30H22N6O12S3.3Na/c31-25-15-20(11-14-27(25)33-32-26-5-1-4-24-23(26)3-2-6-28(24)49(40,41)42)34-35(37)21-12-9-18(29(16-21)50(43,44)45)7-8-19-10-13-22(36(38)39)17-30(19)51(46,47)48;;;/h1-17H,31H2,(H3-,34,37,40,41,42,43,44,45,46,47,48);;;/q;3*+1/p-2/b8-7+;;;. The van der Waals surface area contributed by atoms with Crippen LogP contribution >= 0.6 is 0 Å². The number of nitro groups is 1. The largest absolute Gasteiger partial charge is 1.00 e. The molecule has 0 unspecified atom stereocenters. The summed E-state index contributed by atoms with van der Waals surface area (Å²) in [6, 6.07) is 17.9. The van der Waals surface area contributed by atoms with Crippen LogP contribution in [-0.2, 0) is 30.4 Å². The molecule has 5 aromatic carbocycles. The predicted molar refractivity (Wildman–Crippen MR) is 178 cm³/mol. The molecule has 0 amide bonds. The molecular formula is C30H20N6Na3O12S3+. The first kappa shape index (κ1) is 47.2. The second-order valence-electron chi connectivity index (χ2n) is 10.4. The number of azo groups is 1. The smallest absolute Gasteiger partial charge is 0.744 e. The summed E-state index contributed by atoms with van der Waals surface area (Å²) in [5.74, 6) is 0. The minimum atomic E-state index is -5.24. The zero-order valence-corrected chi connectivity index (χ0v) is 36.8. The molecule has 24 heteroatoms. The molecule has 0 saturated heterocycles. The Morgan fingerprint density at radius 1 is 0.593 bits per heavy atom. The van der Waals surface area contributed by atoms with E-state index >= 15 is 0 Å². The van der Waals surface area contributed by atoms with Gasteiger partial charge >= 0.3 is 88.7 Å². The number of hydrogen-bond acceptors (Lipinski definition) is 15. The van der Waals surface area contributed by atoms with Crippen molar-refractivity contribution in [2.45, 2.75) is 14.7 Å².